The maximum atomic E-state index is 12.4. The highest BCUT2D eigenvalue weighted by Crippen LogP contribution is 2.31. The lowest BCUT2D eigenvalue weighted by Gasteiger charge is -2.27. The van der Waals surface area contributed by atoms with Crippen molar-refractivity contribution in [2.24, 2.45) is 5.92 Å². The average Bonchev–Trinajstić information content (AvgIpc) is 2.48. The number of amides is 1. The van der Waals surface area contributed by atoms with Crippen LogP contribution in [0.15, 0.2) is 12.1 Å². The Hall–Kier alpha value is -1.82. The molecule has 1 aromatic rings. The Balaban J connectivity index is 2.18. The summed E-state index contributed by atoms with van der Waals surface area (Å²) in [4.78, 5) is 22.9. The molecule has 22 heavy (non-hydrogen) atoms. The van der Waals surface area contributed by atoms with Crippen LogP contribution in [0.2, 0.25) is 5.02 Å². The largest absolute Gasteiger partial charge is 0.383 e. The van der Waals surface area contributed by atoms with Crippen molar-refractivity contribution < 1.29 is 9.72 Å². The summed E-state index contributed by atoms with van der Waals surface area (Å²) in [7, 11) is 1.57. The van der Waals surface area contributed by atoms with Crippen molar-refractivity contribution in [1.29, 1.82) is 0 Å². The van der Waals surface area contributed by atoms with E-state index < -0.39 is 4.92 Å². The highest BCUT2D eigenvalue weighted by atomic mass is 35.5. The first-order chi connectivity index (χ1) is 10.4. The van der Waals surface area contributed by atoms with Crippen LogP contribution in [0.1, 0.15) is 43.0 Å². The maximum absolute atomic E-state index is 12.4. The van der Waals surface area contributed by atoms with Crippen LogP contribution in [0.3, 0.4) is 0 Å². The number of anilines is 1. The Morgan fingerprint density at radius 2 is 1.95 bits per heavy atom. The van der Waals surface area contributed by atoms with Gasteiger partial charge in [0.25, 0.3) is 11.6 Å². The molecule has 0 atom stereocenters. The summed E-state index contributed by atoms with van der Waals surface area (Å²) in [6, 6.07) is 2.76. The van der Waals surface area contributed by atoms with Gasteiger partial charge in [0.15, 0.2) is 0 Å². The smallest absolute Gasteiger partial charge is 0.293 e. The minimum absolute atomic E-state index is 0.114. The average molecular weight is 326 g/mol. The van der Waals surface area contributed by atoms with Gasteiger partial charge in [0.2, 0.25) is 0 Å². The Morgan fingerprint density at radius 1 is 1.32 bits per heavy atom. The molecule has 0 radical (unpaired) electrons. The molecule has 2 rings (SSSR count). The molecular formula is C15H20ClN3O3. The van der Waals surface area contributed by atoms with Crippen LogP contribution in [0.5, 0.6) is 0 Å². The van der Waals surface area contributed by atoms with E-state index in [1.54, 1.807) is 7.05 Å². The fraction of sp³-hybridized carbons (Fsp3) is 0.533. The molecule has 0 spiro atoms. The second kappa shape index (κ2) is 6.96. The highest BCUT2D eigenvalue weighted by molar-refractivity contribution is 6.34. The summed E-state index contributed by atoms with van der Waals surface area (Å²) in [6.45, 7) is 2.20. The fourth-order valence-electron chi connectivity index (χ4n) is 2.75. The molecule has 0 bridgehead atoms. The number of rotatable bonds is 4. The second-order valence-corrected chi connectivity index (χ2v) is 6.19. The minimum Gasteiger partial charge on any atom is -0.383 e. The van der Waals surface area contributed by atoms with Gasteiger partial charge in [-0.25, -0.2) is 0 Å². The van der Waals surface area contributed by atoms with Gasteiger partial charge >= 0.3 is 0 Å². The summed E-state index contributed by atoms with van der Waals surface area (Å²) in [6.07, 6.45) is 4.03. The van der Waals surface area contributed by atoms with Gasteiger partial charge in [-0.1, -0.05) is 18.5 Å². The van der Waals surface area contributed by atoms with Gasteiger partial charge in [-0.3, -0.25) is 14.9 Å². The number of nitro groups is 1. The molecule has 2 N–H and O–H groups in total. The van der Waals surface area contributed by atoms with E-state index in [1.807, 2.05) is 0 Å². The Kier molecular flexibility index (Phi) is 5.24. The summed E-state index contributed by atoms with van der Waals surface area (Å²) < 4.78 is 0. The van der Waals surface area contributed by atoms with E-state index in [1.165, 1.54) is 12.1 Å². The molecule has 1 fully saturated rings. The molecule has 0 saturated heterocycles. The van der Waals surface area contributed by atoms with E-state index in [4.69, 9.17) is 11.6 Å². The molecule has 1 aliphatic rings. The van der Waals surface area contributed by atoms with Crippen molar-refractivity contribution in [3.8, 4) is 0 Å². The number of carbonyl (C=O) groups excluding carboxylic acids is 1. The molecule has 0 heterocycles. The van der Waals surface area contributed by atoms with Crippen molar-refractivity contribution in [2.45, 2.75) is 38.6 Å². The predicted molar refractivity (Wildman–Crippen MR) is 86.5 cm³/mol. The highest BCUT2D eigenvalue weighted by Gasteiger charge is 2.24. The van der Waals surface area contributed by atoms with Crippen LogP contribution in [-0.2, 0) is 0 Å². The van der Waals surface area contributed by atoms with Crippen molar-refractivity contribution in [1.82, 2.24) is 5.32 Å². The van der Waals surface area contributed by atoms with Crippen LogP contribution in [0.4, 0.5) is 11.4 Å². The zero-order valence-corrected chi connectivity index (χ0v) is 13.4. The lowest BCUT2D eigenvalue weighted by Crippen LogP contribution is -2.37. The second-order valence-electron chi connectivity index (χ2n) is 5.79. The number of hydrogen-bond acceptors (Lipinski definition) is 4. The number of carbonyl (C=O) groups is 1. The van der Waals surface area contributed by atoms with Crippen molar-refractivity contribution in [3.63, 3.8) is 0 Å². The molecule has 120 valence electrons. The monoisotopic (exact) mass is 325 g/mol. The van der Waals surface area contributed by atoms with Gasteiger partial charge in [0.05, 0.1) is 15.5 Å². The lowest BCUT2D eigenvalue weighted by atomic mass is 9.87. The first-order valence-corrected chi connectivity index (χ1v) is 7.76. The summed E-state index contributed by atoms with van der Waals surface area (Å²) in [5, 5.41) is 16.9. The normalized spacial score (nSPS) is 21.2. The topological polar surface area (TPSA) is 84.3 Å². The first kappa shape index (κ1) is 16.5. The van der Waals surface area contributed by atoms with E-state index in [0.29, 0.717) is 5.92 Å². The van der Waals surface area contributed by atoms with Gasteiger partial charge in [0.1, 0.15) is 5.69 Å². The van der Waals surface area contributed by atoms with Crippen molar-refractivity contribution >= 4 is 28.9 Å². The van der Waals surface area contributed by atoms with Crippen LogP contribution in [0.25, 0.3) is 0 Å². The zero-order valence-electron chi connectivity index (χ0n) is 12.7. The Morgan fingerprint density at radius 3 is 2.50 bits per heavy atom. The van der Waals surface area contributed by atoms with Gasteiger partial charge < -0.3 is 10.6 Å². The van der Waals surface area contributed by atoms with Crippen LogP contribution in [-0.4, -0.2) is 23.9 Å². The molecule has 1 aliphatic carbocycles. The SMILES string of the molecule is CNc1cc(Cl)c(C(=O)N[C@H]2CC[C@@H](C)CC2)cc1[N+](=O)[O-]. The van der Waals surface area contributed by atoms with Gasteiger partial charge in [-0.15, -0.1) is 0 Å². The standard InChI is InChI=1S/C15H20ClN3O3/c1-9-3-5-10(6-4-9)18-15(20)11-7-14(19(21)22)13(17-2)8-12(11)16/h7-10,17H,3-6H2,1-2H3,(H,18,20)/t9-,10+. The number of benzene rings is 1. The summed E-state index contributed by atoms with van der Waals surface area (Å²) in [5.74, 6) is 0.336. The molecule has 1 saturated carbocycles. The van der Waals surface area contributed by atoms with Crippen molar-refractivity contribution in [3.05, 3.63) is 32.8 Å². The molecule has 7 heteroatoms. The van der Waals surface area contributed by atoms with E-state index in [9.17, 15) is 14.9 Å². The first-order valence-electron chi connectivity index (χ1n) is 7.39. The molecule has 1 aromatic carbocycles. The number of hydrogen-bond donors (Lipinski definition) is 2. The van der Waals surface area contributed by atoms with Gasteiger partial charge in [-0.2, -0.15) is 0 Å². The predicted octanol–water partition coefficient (Wildman–Crippen LogP) is 3.60. The Labute approximate surface area is 134 Å². The van der Waals surface area contributed by atoms with E-state index in [2.05, 4.69) is 17.6 Å². The van der Waals surface area contributed by atoms with E-state index >= 15 is 0 Å². The third kappa shape index (κ3) is 3.68. The third-order valence-electron chi connectivity index (χ3n) is 4.15. The van der Waals surface area contributed by atoms with E-state index in [-0.39, 0.29) is 33.9 Å². The van der Waals surface area contributed by atoms with Crippen LogP contribution < -0.4 is 10.6 Å². The number of halogens is 1. The van der Waals surface area contributed by atoms with Crippen molar-refractivity contribution in [2.75, 3.05) is 12.4 Å². The molecular weight excluding hydrogens is 306 g/mol. The fourth-order valence-corrected chi connectivity index (χ4v) is 3.00. The quantitative estimate of drug-likeness (QED) is 0.654. The maximum Gasteiger partial charge on any atom is 0.293 e. The third-order valence-corrected chi connectivity index (χ3v) is 4.46. The number of nitrogens with one attached hydrogen (secondary N) is 2. The number of nitrogens with zero attached hydrogens (tertiary/aromatic N) is 1. The van der Waals surface area contributed by atoms with Crippen LogP contribution in [0, 0.1) is 16.0 Å². The summed E-state index contributed by atoms with van der Waals surface area (Å²) in [5.41, 5.74) is 0.276. The Bertz CT molecular complexity index is 584. The van der Waals surface area contributed by atoms with Gasteiger partial charge in [-0.05, 0) is 37.7 Å². The van der Waals surface area contributed by atoms with Gasteiger partial charge in [0, 0.05) is 19.2 Å². The molecule has 0 unspecified atom stereocenters. The lowest BCUT2D eigenvalue weighted by molar-refractivity contribution is -0.384. The van der Waals surface area contributed by atoms with Crippen LogP contribution >= 0.6 is 11.6 Å². The van der Waals surface area contributed by atoms with E-state index in [0.717, 1.165) is 25.7 Å². The molecule has 1 amide bonds. The molecule has 0 aliphatic heterocycles. The minimum atomic E-state index is -0.527. The summed E-state index contributed by atoms with van der Waals surface area (Å²) >= 11 is 6.10. The molecule has 6 nitrogen and oxygen atoms in total. The zero-order chi connectivity index (χ0) is 16.3. The molecule has 0 aromatic heterocycles. The number of nitro benzene ring substituents is 1.